The van der Waals surface area contributed by atoms with E-state index in [1.54, 1.807) is 36.4 Å². The van der Waals surface area contributed by atoms with Crippen molar-refractivity contribution in [1.29, 1.82) is 0 Å². The van der Waals surface area contributed by atoms with E-state index in [9.17, 15) is 18.0 Å². The van der Waals surface area contributed by atoms with Crippen molar-refractivity contribution in [2.75, 3.05) is 10.6 Å². The van der Waals surface area contributed by atoms with Crippen molar-refractivity contribution in [3.8, 4) is 0 Å². The van der Waals surface area contributed by atoms with Crippen molar-refractivity contribution in [2.45, 2.75) is 50.5 Å². The summed E-state index contributed by atoms with van der Waals surface area (Å²) in [5.74, 6) is -0.398. The quantitative estimate of drug-likeness (QED) is 0.616. The Morgan fingerprint density at radius 1 is 1.00 bits per heavy atom. The molecule has 3 N–H and O–H groups in total. The number of aryl methyl sites for hydroxylation is 2. The highest BCUT2D eigenvalue weighted by atomic mass is 32.2. The molecule has 2 aromatic carbocycles. The molecule has 0 aliphatic heterocycles. The van der Waals surface area contributed by atoms with Gasteiger partial charge in [0.15, 0.2) is 0 Å². The van der Waals surface area contributed by atoms with Gasteiger partial charge in [0.05, 0.1) is 16.3 Å². The zero-order chi connectivity index (χ0) is 21.0. The van der Waals surface area contributed by atoms with Crippen molar-refractivity contribution >= 4 is 33.2 Å². The summed E-state index contributed by atoms with van der Waals surface area (Å²) >= 11 is 0. The van der Waals surface area contributed by atoms with E-state index in [-0.39, 0.29) is 29.2 Å². The number of carbonyl (C=O) groups is 2. The first-order valence-corrected chi connectivity index (χ1v) is 11.0. The van der Waals surface area contributed by atoms with Crippen LogP contribution < -0.4 is 15.4 Å². The lowest BCUT2D eigenvalue weighted by Crippen LogP contribution is -2.25. The summed E-state index contributed by atoms with van der Waals surface area (Å²) in [5.41, 5.74) is 2.94. The molecule has 0 saturated heterocycles. The second-order valence-corrected chi connectivity index (χ2v) is 9.03. The average molecular weight is 416 g/mol. The Morgan fingerprint density at radius 2 is 1.69 bits per heavy atom. The summed E-state index contributed by atoms with van der Waals surface area (Å²) in [6, 6.07) is 12.0. The Morgan fingerprint density at radius 3 is 2.31 bits per heavy atom. The second-order valence-electron chi connectivity index (χ2n) is 7.32. The van der Waals surface area contributed by atoms with Crippen LogP contribution in [-0.2, 0) is 26.0 Å². The van der Waals surface area contributed by atoms with Gasteiger partial charge in [-0.15, -0.1) is 0 Å². The van der Waals surface area contributed by atoms with Crippen molar-refractivity contribution < 1.29 is 18.0 Å². The molecule has 3 rings (SSSR count). The number of benzene rings is 2. The number of carbonyl (C=O) groups excluding carboxylic acids is 2. The molecule has 1 aliphatic carbocycles. The number of hydrogen-bond donors (Lipinski definition) is 3. The standard InChI is InChI=1S/C21H25N3O4S/c1-14-3-11-19(22-15(2)25)20(13-14)23-21(26)12-6-16-4-9-18(10-5-16)29(27,28)24-17-7-8-17/h3-5,9-11,13,17,24H,6-8,12H2,1-2H3,(H,22,25)(H,23,26). The molecule has 0 radical (unpaired) electrons. The number of amides is 2. The Balaban J connectivity index is 1.58. The Labute approximate surface area is 171 Å². The predicted molar refractivity (Wildman–Crippen MR) is 112 cm³/mol. The molecule has 0 atom stereocenters. The monoisotopic (exact) mass is 415 g/mol. The third kappa shape index (κ3) is 6.13. The molecule has 0 aromatic heterocycles. The van der Waals surface area contributed by atoms with Crippen LogP contribution in [0, 0.1) is 6.92 Å². The van der Waals surface area contributed by atoms with Gasteiger partial charge in [0.1, 0.15) is 0 Å². The molecule has 1 aliphatic rings. The van der Waals surface area contributed by atoms with Gasteiger partial charge in [-0.1, -0.05) is 18.2 Å². The van der Waals surface area contributed by atoms with Gasteiger partial charge in [-0.2, -0.15) is 0 Å². The summed E-state index contributed by atoms with van der Waals surface area (Å²) in [7, 11) is -3.47. The third-order valence-corrected chi connectivity index (χ3v) is 6.07. The maximum Gasteiger partial charge on any atom is 0.240 e. The molecule has 29 heavy (non-hydrogen) atoms. The maximum atomic E-state index is 12.4. The molecular weight excluding hydrogens is 390 g/mol. The normalized spacial score (nSPS) is 13.7. The fourth-order valence-electron chi connectivity index (χ4n) is 2.85. The molecule has 1 fully saturated rings. The van der Waals surface area contributed by atoms with Crippen LogP contribution in [0.4, 0.5) is 11.4 Å². The molecule has 2 aromatic rings. The summed E-state index contributed by atoms with van der Waals surface area (Å²) in [5, 5.41) is 5.53. The first-order valence-electron chi connectivity index (χ1n) is 9.52. The van der Waals surface area contributed by atoms with Gasteiger partial charge >= 0.3 is 0 Å². The van der Waals surface area contributed by atoms with Crippen LogP contribution in [0.1, 0.15) is 37.3 Å². The minimum Gasteiger partial charge on any atom is -0.325 e. The van der Waals surface area contributed by atoms with Crippen LogP contribution in [0.5, 0.6) is 0 Å². The van der Waals surface area contributed by atoms with Crippen LogP contribution in [0.2, 0.25) is 0 Å². The van der Waals surface area contributed by atoms with Gasteiger partial charge in [-0.05, 0) is 61.6 Å². The van der Waals surface area contributed by atoms with Gasteiger partial charge in [-0.3, -0.25) is 9.59 Å². The second kappa shape index (κ2) is 8.75. The lowest BCUT2D eigenvalue weighted by Gasteiger charge is -2.12. The lowest BCUT2D eigenvalue weighted by atomic mass is 10.1. The van der Waals surface area contributed by atoms with E-state index in [1.807, 2.05) is 13.0 Å². The van der Waals surface area contributed by atoms with E-state index in [0.29, 0.717) is 17.8 Å². The molecular formula is C21H25N3O4S. The smallest absolute Gasteiger partial charge is 0.240 e. The molecule has 1 saturated carbocycles. The van der Waals surface area contributed by atoms with Crippen molar-refractivity contribution in [3.63, 3.8) is 0 Å². The summed E-state index contributed by atoms with van der Waals surface area (Å²) < 4.78 is 27.0. The highest BCUT2D eigenvalue weighted by Gasteiger charge is 2.27. The molecule has 154 valence electrons. The summed E-state index contributed by atoms with van der Waals surface area (Å²) in [4.78, 5) is 23.9. The van der Waals surface area contributed by atoms with Crippen LogP contribution in [0.15, 0.2) is 47.4 Å². The highest BCUT2D eigenvalue weighted by Crippen LogP contribution is 2.24. The topological polar surface area (TPSA) is 104 Å². The fraction of sp³-hybridized carbons (Fsp3) is 0.333. The van der Waals surface area contributed by atoms with E-state index in [2.05, 4.69) is 15.4 Å². The predicted octanol–water partition coefficient (Wildman–Crippen LogP) is 2.97. The van der Waals surface area contributed by atoms with Crippen LogP contribution in [-0.4, -0.2) is 26.3 Å². The SMILES string of the molecule is CC(=O)Nc1ccc(C)cc1NC(=O)CCc1ccc(S(=O)(=O)NC2CC2)cc1. The van der Waals surface area contributed by atoms with E-state index >= 15 is 0 Å². The van der Waals surface area contributed by atoms with Crippen molar-refractivity contribution in [2.24, 2.45) is 0 Å². The van der Waals surface area contributed by atoms with Crippen LogP contribution in [0.25, 0.3) is 0 Å². The largest absolute Gasteiger partial charge is 0.325 e. The maximum absolute atomic E-state index is 12.4. The molecule has 8 heteroatoms. The van der Waals surface area contributed by atoms with Gasteiger partial charge in [0, 0.05) is 19.4 Å². The van der Waals surface area contributed by atoms with Crippen molar-refractivity contribution in [1.82, 2.24) is 4.72 Å². The van der Waals surface area contributed by atoms with E-state index in [1.165, 1.54) is 6.92 Å². The minimum absolute atomic E-state index is 0.0624. The summed E-state index contributed by atoms with van der Waals surface area (Å²) in [6.45, 7) is 3.32. The van der Waals surface area contributed by atoms with Gasteiger partial charge < -0.3 is 10.6 Å². The molecule has 0 unspecified atom stereocenters. The lowest BCUT2D eigenvalue weighted by molar-refractivity contribution is -0.116. The van der Waals surface area contributed by atoms with Gasteiger partial charge in [-0.25, -0.2) is 13.1 Å². The Kier molecular flexibility index (Phi) is 6.34. The van der Waals surface area contributed by atoms with Crippen LogP contribution >= 0.6 is 0 Å². The van der Waals surface area contributed by atoms with Gasteiger partial charge in [0.2, 0.25) is 21.8 Å². The molecule has 2 amide bonds. The van der Waals surface area contributed by atoms with E-state index in [0.717, 1.165) is 24.0 Å². The number of nitrogens with one attached hydrogen (secondary N) is 3. The molecule has 7 nitrogen and oxygen atoms in total. The number of anilines is 2. The first kappa shape index (κ1) is 21.0. The molecule has 0 spiro atoms. The van der Waals surface area contributed by atoms with Crippen LogP contribution in [0.3, 0.4) is 0 Å². The molecule has 0 heterocycles. The van der Waals surface area contributed by atoms with E-state index in [4.69, 9.17) is 0 Å². The Bertz CT molecular complexity index is 1010. The highest BCUT2D eigenvalue weighted by molar-refractivity contribution is 7.89. The van der Waals surface area contributed by atoms with Gasteiger partial charge in [0.25, 0.3) is 0 Å². The average Bonchev–Trinajstić information content (AvgIpc) is 3.45. The molecule has 0 bridgehead atoms. The zero-order valence-electron chi connectivity index (χ0n) is 16.5. The number of rotatable bonds is 8. The Hall–Kier alpha value is -2.71. The fourth-order valence-corrected chi connectivity index (χ4v) is 4.16. The van der Waals surface area contributed by atoms with Crippen molar-refractivity contribution in [3.05, 3.63) is 53.6 Å². The number of hydrogen-bond acceptors (Lipinski definition) is 4. The summed E-state index contributed by atoms with van der Waals surface area (Å²) in [6.07, 6.45) is 2.48. The first-order chi connectivity index (χ1) is 13.7. The third-order valence-electron chi connectivity index (χ3n) is 4.53. The van der Waals surface area contributed by atoms with E-state index < -0.39 is 10.0 Å². The number of sulfonamides is 1. The minimum atomic E-state index is -3.47. The zero-order valence-corrected chi connectivity index (χ0v) is 17.3.